The maximum Gasteiger partial charge on any atom is 0.316 e. The molecule has 2 saturated heterocycles. The van der Waals surface area contributed by atoms with Gasteiger partial charge in [0.25, 0.3) is 0 Å². The van der Waals surface area contributed by atoms with Crippen molar-refractivity contribution in [3.8, 4) is 6.01 Å². The molecule has 10 heteroatoms. The van der Waals surface area contributed by atoms with E-state index in [-0.39, 0.29) is 24.3 Å². The second-order valence-electron chi connectivity index (χ2n) is 9.88. The summed E-state index contributed by atoms with van der Waals surface area (Å²) in [5, 5.41) is 3.30. The number of fused-ring (bicyclic) bond motifs is 2. The van der Waals surface area contributed by atoms with Crippen molar-refractivity contribution in [1.29, 1.82) is 0 Å². The number of aromatic nitrogens is 3. The number of hydrogen-bond acceptors (Lipinski definition) is 8. The zero-order chi connectivity index (χ0) is 23.7. The van der Waals surface area contributed by atoms with Crippen LogP contribution in [0.4, 0.5) is 0 Å². The number of hydrogen-bond donors (Lipinski definition) is 0. The number of aryl methyl sites for hydroxylation is 1. The third-order valence-electron chi connectivity index (χ3n) is 7.43. The minimum Gasteiger partial charge on any atom is -0.460 e. The summed E-state index contributed by atoms with van der Waals surface area (Å²) in [7, 11) is -3.13. The molecular weight excluding hydrogens is 472 g/mol. The van der Waals surface area contributed by atoms with Gasteiger partial charge in [-0.1, -0.05) is 6.92 Å². The van der Waals surface area contributed by atoms with Crippen LogP contribution in [-0.2, 0) is 27.8 Å². The highest BCUT2D eigenvalue weighted by Gasteiger charge is 2.45. The van der Waals surface area contributed by atoms with E-state index in [9.17, 15) is 8.42 Å². The van der Waals surface area contributed by atoms with Crippen LogP contribution in [0.15, 0.2) is 17.8 Å². The lowest BCUT2D eigenvalue weighted by atomic mass is 9.88. The second kappa shape index (κ2) is 10.2. The molecule has 1 aliphatic carbocycles. The van der Waals surface area contributed by atoms with Gasteiger partial charge in [-0.15, -0.1) is 11.3 Å². The number of sulfonamides is 1. The summed E-state index contributed by atoms with van der Waals surface area (Å²) in [5.41, 5.74) is 2.10. The largest absolute Gasteiger partial charge is 0.460 e. The number of nitrogens with zero attached hydrogens (tertiary/aromatic N) is 4. The van der Waals surface area contributed by atoms with E-state index in [0.717, 1.165) is 69.0 Å². The van der Waals surface area contributed by atoms with Crippen LogP contribution in [0, 0.1) is 0 Å². The molecule has 0 aromatic carbocycles. The molecule has 0 spiro atoms. The minimum absolute atomic E-state index is 0.0946. The molecule has 1 saturated carbocycles. The number of thiazole rings is 1. The highest BCUT2D eigenvalue weighted by Crippen LogP contribution is 2.39. The van der Waals surface area contributed by atoms with Gasteiger partial charge in [0, 0.05) is 35.8 Å². The van der Waals surface area contributed by atoms with Gasteiger partial charge in [0.1, 0.15) is 6.10 Å². The molecule has 0 amide bonds. The molecule has 2 aliphatic heterocycles. The Bertz CT molecular complexity index is 1050. The summed E-state index contributed by atoms with van der Waals surface area (Å²) in [6.45, 7) is 2.59. The summed E-state index contributed by atoms with van der Waals surface area (Å²) in [4.78, 5) is 13.5. The van der Waals surface area contributed by atoms with E-state index in [4.69, 9.17) is 14.5 Å². The zero-order valence-electron chi connectivity index (χ0n) is 19.9. The van der Waals surface area contributed by atoms with Crippen molar-refractivity contribution in [3.05, 3.63) is 34.0 Å². The SMILES string of the molecule is CCc1cnc(OC2CCC(c3nc(COC4CC5CCC(C4)N5S(C)(=O)=O)cs3)CC2)nc1. The Labute approximate surface area is 206 Å². The maximum atomic E-state index is 12.1. The second-order valence-corrected chi connectivity index (χ2v) is 12.7. The summed E-state index contributed by atoms with van der Waals surface area (Å²) in [6.07, 6.45) is 13.8. The Morgan fingerprint density at radius 2 is 1.71 bits per heavy atom. The molecule has 0 N–H and O–H groups in total. The van der Waals surface area contributed by atoms with Gasteiger partial charge in [-0.05, 0) is 63.4 Å². The molecule has 4 heterocycles. The van der Waals surface area contributed by atoms with Crippen LogP contribution in [0.3, 0.4) is 0 Å². The van der Waals surface area contributed by atoms with E-state index >= 15 is 0 Å². The van der Waals surface area contributed by atoms with Gasteiger partial charge in [0.2, 0.25) is 10.0 Å². The summed E-state index contributed by atoms with van der Waals surface area (Å²) in [5.74, 6) is 0.468. The van der Waals surface area contributed by atoms with Gasteiger partial charge >= 0.3 is 6.01 Å². The van der Waals surface area contributed by atoms with Gasteiger partial charge in [-0.2, -0.15) is 4.31 Å². The van der Waals surface area contributed by atoms with Crippen molar-refractivity contribution in [2.75, 3.05) is 6.26 Å². The van der Waals surface area contributed by atoms with Crippen molar-refractivity contribution < 1.29 is 17.9 Å². The normalized spacial score (nSPS) is 29.9. The lowest BCUT2D eigenvalue weighted by Gasteiger charge is -2.36. The molecule has 2 unspecified atom stereocenters. The van der Waals surface area contributed by atoms with E-state index in [1.165, 1.54) is 11.3 Å². The minimum atomic E-state index is -3.13. The van der Waals surface area contributed by atoms with E-state index in [2.05, 4.69) is 22.3 Å². The van der Waals surface area contributed by atoms with Crippen LogP contribution in [0.1, 0.15) is 80.5 Å². The molecule has 3 aliphatic rings. The molecule has 8 nitrogen and oxygen atoms in total. The Hall–Kier alpha value is -1.62. The molecule has 34 heavy (non-hydrogen) atoms. The quantitative estimate of drug-likeness (QED) is 0.533. The van der Waals surface area contributed by atoms with E-state index in [0.29, 0.717) is 18.5 Å². The third-order valence-corrected chi connectivity index (χ3v) is 9.85. The first-order valence-corrected chi connectivity index (χ1v) is 15.1. The molecule has 5 rings (SSSR count). The van der Waals surface area contributed by atoms with Gasteiger partial charge in [-0.25, -0.2) is 23.4 Å². The first kappa shape index (κ1) is 24.1. The molecule has 186 valence electrons. The number of ether oxygens (including phenoxy) is 2. The number of piperidine rings is 1. The van der Waals surface area contributed by atoms with Crippen molar-refractivity contribution >= 4 is 21.4 Å². The Morgan fingerprint density at radius 1 is 1.03 bits per heavy atom. The van der Waals surface area contributed by atoms with Crippen molar-refractivity contribution in [2.45, 2.75) is 102 Å². The van der Waals surface area contributed by atoms with Gasteiger partial charge < -0.3 is 9.47 Å². The fourth-order valence-electron chi connectivity index (χ4n) is 5.70. The Morgan fingerprint density at radius 3 is 2.32 bits per heavy atom. The molecule has 2 atom stereocenters. The number of rotatable bonds is 8. The summed E-state index contributed by atoms with van der Waals surface area (Å²) < 4.78 is 38.1. The smallest absolute Gasteiger partial charge is 0.316 e. The average molecular weight is 507 g/mol. The van der Waals surface area contributed by atoms with E-state index < -0.39 is 10.0 Å². The molecule has 2 bridgehead atoms. The first-order valence-electron chi connectivity index (χ1n) is 12.4. The van der Waals surface area contributed by atoms with Crippen LogP contribution < -0.4 is 4.74 Å². The fourth-order valence-corrected chi connectivity index (χ4v) is 8.15. The maximum absolute atomic E-state index is 12.1. The predicted octanol–water partition coefficient (Wildman–Crippen LogP) is 4.07. The standard InChI is InChI=1S/C24H34N4O4S2/c1-3-16-12-25-24(26-13-16)32-21-8-4-17(5-9-21)23-27-18(15-33-23)14-31-22-10-19-6-7-20(11-22)28(19)34(2,29)30/h12-13,15,17,19-22H,3-11,14H2,1-2H3. The summed E-state index contributed by atoms with van der Waals surface area (Å²) >= 11 is 1.73. The topological polar surface area (TPSA) is 94.5 Å². The lowest BCUT2D eigenvalue weighted by molar-refractivity contribution is -0.00924. The third kappa shape index (κ3) is 5.45. The van der Waals surface area contributed by atoms with E-state index in [1.807, 2.05) is 12.4 Å². The zero-order valence-corrected chi connectivity index (χ0v) is 21.6. The molecule has 2 aromatic heterocycles. The van der Waals surface area contributed by atoms with Gasteiger partial charge in [0.15, 0.2) is 0 Å². The van der Waals surface area contributed by atoms with Crippen LogP contribution in [-0.4, -0.2) is 58.2 Å². The molecule has 2 aromatic rings. The molecular formula is C24H34N4O4S2. The van der Waals surface area contributed by atoms with Crippen LogP contribution >= 0.6 is 11.3 Å². The van der Waals surface area contributed by atoms with E-state index in [1.54, 1.807) is 15.6 Å². The van der Waals surface area contributed by atoms with Crippen LogP contribution in [0.5, 0.6) is 6.01 Å². The summed E-state index contributed by atoms with van der Waals surface area (Å²) in [6, 6.07) is 0.666. The highest BCUT2D eigenvalue weighted by molar-refractivity contribution is 7.88. The van der Waals surface area contributed by atoms with Gasteiger partial charge in [-0.3, -0.25) is 0 Å². The Kier molecular flexibility index (Phi) is 7.20. The van der Waals surface area contributed by atoms with Crippen molar-refractivity contribution in [3.63, 3.8) is 0 Å². The van der Waals surface area contributed by atoms with Crippen molar-refractivity contribution in [1.82, 2.24) is 19.3 Å². The van der Waals surface area contributed by atoms with Crippen LogP contribution in [0.25, 0.3) is 0 Å². The average Bonchev–Trinajstić information content (AvgIpc) is 3.41. The van der Waals surface area contributed by atoms with Crippen molar-refractivity contribution in [2.24, 2.45) is 0 Å². The lowest BCUT2D eigenvalue weighted by Crippen LogP contribution is -2.48. The van der Waals surface area contributed by atoms with Gasteiger partial charge in [0.05, 0.1) is 29.7 Å². The first-order chi connectivity index (χ1) is 16.4. The fraction of sp³-hybridized carbons (Fsp3) is 0.708. The molecule has 0 radical (unpaired) electrons. The predicted molar refractivity (Wildman–Crippen MR) is 130 cm³/mol. The highest BCUT2D eigenvalue weighted by atomic mass is 32.2. The molecule has 3 fully saturated rings. The van der Waals surface area contributed by atoms with Crippen LogP contribution in [0.2, 0.25) is 0 Å². The Balaban J connectivity index is 1.08. The monoisotopic (exact) mass is 506 g/mol.